The van der Waals surface area contributed by atoms with E-state index in [1.807, 2.05) is 6.92 Å². The number of Topliss-reactive ketones (excluding diaryl/α,β-unsaturated/α-hetero) is 1. The summed E-state index contributed by atoms with van der Waals surface area (Å²) in [5.74, 6) is -3.32. The molecule has 41 heavy (non-hydrogen) atoms. The lowest BCUT2D eigenvalue weighted by Gasteiger charge is -2.32. The third-order valence-corrected chi connectivity index (χ3v) is 8.02. The van der Waals surface area contributed by atoms with E-state index in [1.165, 1.54) is 12.2 Å². The summed E-state index contributed by atoms with van der Waals surface area (Å²) in [5.41, 5.74) is 1.79. The second kappa shape index (κ2) is 15.8. The number of aliphatic hydroxyl groups excluding tert-OH is 4. The fourth-order valence-electron chi connectivity index (χ4n) is 5.22. The summed E-state index contributed by atoms with van der Waals surface area (Å²) in [7, 11) is 0. The van der Waals surface area contributed by atoms with Crippen molar-refractivity contribution in [2.45, 2.75) is 91.6 Å². The molecule has 0 aromatic heterocycles. The Bertz CT molecular complexity index is 1140. The van der Waals surface area contributed by atoms with Gasteiger partial charge in [-0.1, -0.05) is 55.9 Å². The van der Waals surface area contributed by atoms with Crippen molar-refractivity contribution < 1.29 is 39.5 Å². The van der Waals surface area contributed by atoms with E-state index in [0.29, 0.717) is 17.6 Å². The lowest BCUT2D eigenvalue weighted by molar-refractivity contribution is -0.157. The molecule has 0 unspecified atom stereocenters. The lowest BCUT2D eigenvalue weighted by atomic mass is 9.84. The van der Waals surface area contributed by atoms with Gasteiger partial charge in [0.25, 0.3) is 0 Å². The molecule has 2 rings (SSSR count). The Morgan fingerprint density at radius 3 is 2.44 bits per heavy atom. The van der Waals surface area contributed by atoms with Crippen molar-refractivity contribution in [2.75, 3.05) is 0 Å². The largest absolute Gasteiger partial charge is 0.504 e. The summed E-state index contributed by atoms with van der Waals surface area (Å²) >= 11 is 0. The van der Waals surface area contributed by atoms with Gasteiger partial charge in [0, 0.05) is 24.7 Å². The Morgan fingerprint density at radius 2 is 1.78 bits per heavy atom. The van der Waals surface area contributed by atoms with Gasteiger partial charge >= 0.3 is 5.97 Å². The van der Waals surface area contributed by atoms with Crippen LogP contribution in [0.15, 0.2) is 71.1 Å². The number of esters is 1. The molecule has 0 saturated heterocycles. The number of fused-ring (bicyclic) bond motifs is 1. The second-order valence-electron chi connectivity index (χ2n) is 11.4. The van der Waals surface area contributed by atoms with E-state index in [9.17, 15) is 34.8 Å². The number of hydrogen-bond donors (Lipinski definition) is 4. The number of carbonyl (C=O) groups is 3. The van der Waals surface area contributed by atoms with Gasteiger partial charge in [-0.2, -0.15) is 0 Å². The van der Waals surface area contributed by atoms with Gasteiger partial charge in [0.1, 0.15) is 6.10 Å². The van der Waals surface area contributed by atoms with Crippen molar-refractivity contribution in [1.29, 1.82) is 0 Å². The molecule has 8 heteroatoms. The smallest absolute Gasteiger partial charge is 0.309 e. The first-order valence-electron chi connectivity index (χ1n) is 14.3. The molecule has 0 amide bonds. The average Bonchev–Trinajstić information content (AvgIpc) is 3.12. The summed E-state index contributed by atoms with van der Waals surface area (Å²) in [5, 5.41) is 42.7. The Hall–Kier alpha value is -3.07. The monoisotopic (exact) mass is 570 g/mol. The van der Waals surface area contributed by atoms with Crippen LogP contribution in [0.4, 0.5) is 0 Å². The highest BCUT2D eigenvalue weighted by molar-refractivity contribution is 6.00. The molecule has 0 aromatic rings. The molecular weight excluding hydrogens is 524 g/mol. The van der Waals surface area contributed by atoms with E-state index in [1.54, 1.807) is 71.1 Å². The molecule has 0 fully saturated rings. The van der Waals surface area contributed by atoms with Crippen LogP contribution in [-0.2, 0) is 19.1 Å². The first-order chi connectivity index (χ1) is 19.3. The topological polar surface area (TPSA) is 141 Å². The molecule has 1 aliphatic heterocycles. The fraction of sp³-hybridized carbons (Fsp3) is 0.545. The second-order valence-corrected chi connectivity index (χ2v) is 11.4. The summed E-state index contributed by atoms with van der Waals surface area (Å²) in [6, 6.07) is 0. The molecule has 0 aromatic carbocycles. The van der Waals surface area contributed by atoms with Crippen LogP contribution in [-0.4, -0.2) is 62.4 Å². The summed E-state index contributed by atoms with van der Waals surface area (Å²) in [6.45, 7) is 10.5. The van der Waals surface area contributed by atoms with Crippen LogP contribution in [0.2, 0.25) is 0 Å². The molecule has 8 nitrogen and oxygen atoms in total. The van der Waals surface area contributed by atoms with Gasteiger partial charge in [-0.3, -0.25) is 14.4 Å². The highest BCUT2D eigenvalue weighted by Crippen LogP contribution is 2.36. The number of hydrogen-bond acceptors (Lipinski definition) is 8. The van der Waals surface area contributed by atoms with Gasteiger partial charge < -0.3 is 25.2 Å². The molecule has 0 radical (unpaired) electrons. The minimum Gasteiger partial charge on any atom is -0.504 e. The Balaban J connectivity index is 2.42. The summed E-state index contributed by atoms with van der Waals surface area (Å²) in [6.07, 6.45) is 9.61. The Labute approximate surface area is 243 Å². The van der Waals surface area contributed by atoms with Crippen molar-refractivity contribution in [1.82, 2.24) is 0 Å². The van der Waals surface area contributed by atoms with Crippen molar-refractivity contribution in [2.24, 2.45) is 23.7 Å². The van der Waals surface area contributed by atoms with Crippen LogP contribution in [0.5, 0.6) is 0 Å². The molecule has 0 bridgehead atoms. The van der Waals surface area contributed by atoms with Crippen LogP contribution in [0.3, 0.4) is 0 Å². The molecule has 0 spiro atoms. The van der Waals surface area contributed by atoms with Crippen LogP contribution in [0.25, 0.3) is 0 Å². The van der Waals surface area contributed by atoms with Crippen LogP contribution in [0.1, 0.15) is 67.2 Å². The maximum Gasteiger partial charge on any atom is 0.309 e. The average molecular weight is 571 g/mol. The van der Waals surface area contributed by atoms with Gasteiger partial charge in [0.15, 0.2) is 11.5 Å². The van der Waals surface area contributed by atoms with Gasteiger partial charge in [0.2, 0.25) is 5.78 Å². The SMILES string of the molecule is C/C=C/C(=O)CC[C@@H](C)[C@H]1OC(=O)CC=C(C)[C@H](O)C=C(C)C=C[C@H]2C(C)=C(O)C(=O)[C@@H]2C=C[C@H](O)C[C@H](O)[C@@H]1C. The maximum absolute atomic E-state index is 12.9. The van der Waals surface area contributed by atoms with Crippen LogP contribution >= 0.6 is 0 Å². The predicted molar refractivity (Wildman–Crippen MR) is 158 cm³/mol. The number of ketones is 2. The first-order valence-corrected chi connectivity index (χ1v) is 14.3. The van der Waals surface area contributed by atoms with E-state index in [-0.39, 0.29) is 36.7 Å². The maximum atomic E-state index is 12.9. The minimum atomic E-state index is -1.10. The summed E-state index contributed by atoms with van der Waals surface area (Å²) < 4.78 is 5.83. The molecule has 4 N–H and O–H groups in total. The summed E-state index contributed by atoms with van der Waals surface area (Å²) in [4.78, 5) is 37.7. The molecular formula is C33H46O8. The number of ether oxygens (including phenoxy) is 1. The highest BCUT2D eigenvalue weighted by atomic mass is 16.5. The molecule has 1 aliphatic carbocycles. The first kappa shape index (κ1) is 34.1. The zero-order chi connectivity index (χ0) is 30.9. The Kier molecular flexibility index (Phi) is 13.2. The van der Waals surface area contributed by atoms with Gasteiger partial charge in [0.05, 0.1) is 30.7 Å². The van der Waals surface area contributed by atoms with Crippen LogP contribution in [0, 0.1) is 23.7 Å². The van der Waals surface area contributed by atoms with Crippen LogP contribution < -0.4 is 0 Å². The van der Waals surface area contributed by atoms with Crippen molar-refractivity contribution in [3.63, 3.8) is 0 Å². The molecule has 8 atom stereocenters. The van der Waals surface area contributed by atoms with Crippen molar-refractivity contribution in [3.8, 4) is 0 Å². The zero-order valence-electron chi connectivity index (χ0n) is 25.0. The normalized spacial score (nSPS) is 31.6. The minimum absolute atomic E-state index is 0.0449. The van der Waals surface area contributed by atoms with E-state index in [4.69, 9.17) is 4.74 Å². The predicted octanol–water partition coefficient (Wildman–Crippen LogP) is 4.62. The number of carbonyl (C=O) groups excluding carboxylic acids is 3. The number of cyclic esters (lactones) is 1. The van der Waals surface area contributed by atoms with Gasteiger partial charge in [-0.05, 0) is 63.3 Å². The lowest BCUT2D eigenvalue weighted by Crippen LogP contribution is -2.39. The molecule has 1 heterocycles. The fourth-order valence-corrected chi connectivity index (χ4v) is 5.22. The highest BCUT2D eigenvalue weighted by Gasteiger charge is 2.37. The number of aliphatic hydroxyl groups is 4. The van der Waals surface area contributed by atoms with E-state index < -0.39 is 53.9 Å². The van der Waals surface area contributed by atoms with E-state index in [0.717, 1.165) is 5.57 Å². The third kappa shape index (κ3) is 9.76. The van der Waals surface area contributed by atoms with Gasteiger partial charge in [-0.25, -0.2) is 0 Å². The Morgan fingerprint density at radius 1 is 1.10 bits per heavy atom. The van der Waals surface area contributed by atoms with E-state index >= 15 is 0 Å². The third-order valence-electron chi connectivity index (χ3n) is 8.02. The quantitative estimate of drug-likeness (QED) is 0.213. The van der Waals surface area contributed by atoms with E-state index in [2.05, 4.69) is 0 Å². The molecule has 226 valence electrons. The number of allylic oxidation sites excluding steroid dienone is 8. The van der Waals surface area contributed by atoms with Gasteiger partial charge in [-0.15, -0.1) is 0 Å². The molecule has 2 aliphatic rings. The standard InChI is InChI=1S/C33H46O8/c1-7-8-24(34)12-10-21(4)33-23(6)29(37)18-25(35)13-15-27-26(22(5)31(39)32(27)40)14-9-19(2)17-28(36)20(3)11-16-30(38)41-33/h7-9,11,13-15,17,21,23,25-29,33,35-37,39H,10,12,16,18H2,1-6H3/b8-7+,14-9?,15-13?,19-17?,20-11?/t21-,23+,25+,26+,27-,28-,29+,33-/m1/s1. The van der Waals surface area contributed by atoms with Crippen molar-refractivity contribution in [3.05, 3.63) is 71.1 Å². The zero-order valence-corrected chi connectivity index (χ0v) is 25.0. The number of rotatable bonds is 5. The molecule has 0 saturated carbocycles. The van der Waals surface area contributed by atoms with Crippen molar-refractivity contribution >= 4 is 17.5 Å².